The molecule has 1 spiro atoms. The number of hydrogen-bond donors (Lipinski definition) is 1. The number of aryl methyl sites for hydroxylation is 1. The summed E-state index contributed by atoms with van der Waals surface area (Å²) in [5, 5.41) is 15.2. The second-order valence-corrected chi connectivity index (χ2v) is 6.81. The molecule has 10 heteroatoms. The maximum absolute atomic E-state index is 11.9. The number of H-pyrrole nitrogens is 1. The molecule has 0 aromatic carbocycles. The molecule has 26 heavy (non-hydrogen) atoms. The van der Waals surface area contributed by atoms with Gasteiger partial charge in [0.2, 0.25) is 0 Å². The van der Waals surface area contributed by atoms with Crippen LogP contribution in [0.1, 0.15) is 12.2 Å². The van der Waals surface area contributed by atoms with E-state index < -0.39 is 0 Å². The maximum atomic E-state index is 11.9. The summed E-state index contributed by atoms with van der Waals surface area (Å²) >= 11 is 0. The number of aromatic amines is 1. The lowest BCUT2D eigenvalue weighted by Crippen LogP contribution is -2.46. The first-order chi connectivity index (χ1) is 12.6. The fourth-order valence-electron chi connectivity index (χ4n) is 3.69. The van der Waals surface area contributed by atoms with Gasteiger partial charge in [-0.05, 0) is 18.6 Å². The highest BCUT2D eigenvalue weighted by Crippen LogP contribution is 2.33. The fourth-order valence-corrected chi connectivity index (χ4v) is 3.69. The summed E-state index contributed by atoms with van der Waals surface area (Å²) in [6, 6.07) is 3.88. The Hall–Kier alpha value is -3.01. The van der Waals surface area contributed by atoms with Crippen molar-refractivity contribution in [2.75, 3.05) is 18.0 Å². The van der Waals surface area contributed by atoms with Crippen molar-refractivity contribution in [3.63, 3.8) is 0 Å². The van der Waals surface area contributed by atoms with E-state index in [1.165, 1.54) is 0 Å². The van der Waals surface area contributed by atoms with E-state index in [9.17, 15) is 4.79 Å². The Balaban J connectivity index is 1.36. The Labute approximate surface area is 148 Å². The number of anilines is 1. The normalized spacial score (nSPS) is 22.1. The number of imidazole rings is 1. The number of ether oxygens (including phenoxy) is 1. The molecule has 2 aliphatic heterocycles. The molecule has 10 nitrogen and oxygen atoms in total. The number of nitrogens with zero attached hydrogens (tertiary/aromatic N) is 7. The molecule has 3 aromatic heterocycles. The van der Waals surface area contributed by atoms with E-state index in [4.69, 9.17) is 4.74 Å². The molecule has 0 bridgehead atoms. The van der Waals surface area contributed by atoms with Crippen LogP contribution in [0.15, 0.2) is 29.3 Å². The molecule has 1 N–H and O–H groups in total. The first-order valence-corrected chi connectivity index (χ1v) is 8.48. The minimum absolute atomic E-state index is 0.180. The molecule has 0 radical (unpaired) electrons. The summed E-state index contributed by atoms with van der Waals surface area (Å²) in [5.41, 5.74) is 0.166. The quantitative estimate of drug-likeness (QED) is 0.687. The summed E-state index contributed by atoms with van der Waals surface area (Å²) in [6.07, 6.45) is 4.44. The Bertz CT molecular complexity index is 1000. The molecule has 1 atom stereocenters. The minimum Gasteiger partial charge on any atom is -0.363 e. The van der Waals surface area contributed by atoms with Crippen LogP contribution in [0.5, 0.6) is 0 Å². The first kappa shape index (κ1) is 15.3. The van der Waals surface area contributed by atoms with E-state index in [-0.39, 0.29) is 11.3 Å². The topological polar surface area (TPSA) is 107 Å². The molecular weight excluding hydrogens is 336 g/mol. The minimum atomic E-state index is -0.388. The zero-order valence-corrected chi connectivity index (χ0v) is 14.3. The largest absolute Gasteiger partial charge is 0.363 e. The van der Waals surface area contributed by atoms with Crippen molar-refractivity contribution in [1.82, 2.24) is 34.5 Å². The van der Waals surface area contributed by atoms with E-state index in [0.717, 1.165) is 30.3 Å². The van der Waals surface area contributed by atoms with Crippen LogP contribution in [0.25, 0.3) is 11.5 Å². The number of fused-ring (bicyclic) bond motifs is 1. The molecule has 134 valence electrons. The highest BCUT2D eigenvalue weighted by atomic mass is 16.5. The Kier molecular flexibility index (Phi) is 3.23. The van der Waals surface area contributed by atoms with Crippen LogP contribution >= 0.6 is 0 Å². The van der Waals surface area contributed by atoms with Crippen LogP contribution in [-0.4, -0.2) is 53.2 Å². The van der Waals surface area contributed by atoms with Crippen LogP contribution in [0.3, 0.4) is 0 Å². The van der Waals surface area contributed by atoms with Gasteiger partial charge in [0, 0.05) is 26.0 Å². The number of nitrogens with one attached hydrogen (secondary N) is 1. The summed E-state index contributed by atoms with van der Waals surface area (Å²) in [5.74, 6) is 2.23. The van der Waals surface area contributed by atoms with Crippen molar-refractivity contribution in [3.05, 3.63) is 40.8 Å². The zero-order chi connectivity index (χ0) is 17.7. The summed E-state index contributed by atoms with van der Waals surface area (Å²) in [6.45, 7) is 2.32. The van der Waals surface area contributed by atoms with Gasteiger partial charge in [-0.25, -0.2) is 14.9 Å². The van der Waals surface area contributed by atoms with Gasteiger partial charge in [0.05, 0.1) is 13.1 Å². The van der Waals surface area contributed by atoms with Gasteiger partial charge in [-0.15, -0.1) is 10.2 Å². The van der Waals surface area contributed by atoms with Gasteiger partial charge in [-0.1, -0.05) is 0 Å². The van der Waals surface area contributed by atoms with Gasteiger partial charge >= 0.3 is 5.69 Å². The van der Waals surface area contributed by atoms with Crippen LogP contribution < -0.4 is 10.6 Å². The van der Waals surface area contributed by atoms with Crippen LogP contribution in [0.4, 0.5) is 5.82 Å². The highest BCUT2D eigenvalue weighted by molar-refractivity contribution is 5.52. The van der Waals surface area contributed by atoms with Gasteiger partial charge in [0.25, 0.3) is 0 Å². The Morgan fingerprint density at radius 3 is 2.96 bits per heavy atom. The zero-order valence-electron chi connectivity index (χ0n) is 14.3. The molecule has 2 aliphatic rings. The third kappa shape index (κ3) is 2.33. The molecule has 1 saturated heterocycles. The third-order valence-electron chi connectivity index (χ3n) is 5.13. The van der Waals surface area contributed by atoms with Crippen LogP contribution in [-0.2, 0) is 24.9 Å². The van der Waals surface area contributed by atoms with Gasteiger partial charge in [-0.3, -0.25) is 4.57 Å². The third-order valence-corrected chi connectivity index (χ3v) is 5.13. The molecular formula is C16H18N8O2. The van der Waals surface area contributed by atoms with Gasteiger partial charge in [0.15, 0.2) is 17.5 Å². The monoisotopic (exact) mass is 354 g/mol. The second kappa shape index (κ2) is 5.49. The predicted octanol–water partition coefficient (Wildman–Crippen LogP) is -0.0588. The molecule has 1 unspecified atom stereocenters. The fraction of sp³-hybridized carbons (Fsp3) is 0.438. The van der Waals surface area contributed by atoms with E-state index in [1.807, 2.05) is 29.9 Å². The van der Waals surface area contributed by atoms with E-state index in [0.29, 0.717) is 25.5 Å². The maximum Gasteiger partial charge on any atom is 0.343 e. The SMILES string of the molecule is Cn1ccnc1-c1ccc(N2CCC3(C2)Cn2c(n[nH]c2=O)CO3)nn1. The molecule has 0 aliphatic carbocycles. The standard InChI is InChI=1S/C16H18N8O2/c1-22-7-5-17-14(22)11-2-3-12(19-18-11)23-6-4-16(9-23)10-24-13(8-26-16)20-21-15(24)25/h2-3,5,7H,4,6,8-10H2,1H3,(H,21,25). The van der Waals surface area contributed by atoms with Crippen molar-refractivity contribution in [1.29, 1.82) is 0 Å². The van der Waals surface area contributed by atoms with Crippen molar-refractivity contribution in [3.8, 4) is 11.5 Å². The van der Waals surface area contributed by atoms with E-state index in [1.54, 1.807) is 10.8 Å². The van der Waals surface area contributed by atoms with Gasteiger partial charge < -0.3 is 14.2 Å². The first-order valence-electron chi connectivity index (χ1n) is 8.48. The molecule has 0 saturated carbocycles. The molecule has 1 fully saturated rings. The van der Waals surface area contributed by atoms with Crippen molar-refractivity contribution < 1.29 is 4.74 Å². The smallest absolute Gasteiger partial charge is 0.343 e. The van der Waals surface area contributed by atoms with E-state index >= 15 is 0 Å². The van der Waals surface area contributed by atoms with Crippen molar-refractivity contribution in [2.45, 2.75) is 25.2 Å². The lowest BCUT2D eigenvalue weighted by molar-refractivity contribution is -0.0759. The number of hydrogen-bond acceptors (Lipinski definition) is 7. The van der Waals surface area contributed by atoms with Crippen LogP contribution in [0.2, 0.25) is 0 Å². The van der Waals surface area contributed by atoms with Gasteiger partial charge in [-0.2, -0.15) is 5.10 Å². The van der Waals surface area contributed by atoms with Crippen molar-refractivity contribution >= 4 is 5.82 Å². The molecule has 3 aromatic rings. The average molecular weight is 354 g/mol. The van der Waals surface area contributed by atoms with Gasteiger partial charge in [0.1, 0.15) is 17.9 Å². The summed E-state index contributed by atoms with van der Waals surface area (Å²) in [4.78, 5) is 18.3. The predicted molar refractivity (Wildman–Crippen MR) is 91.4 cm³/mol. The molecule has 5 heterocycles. The highest BCUT2D eigenvalue weighted by Gasteiger charge is 2.43. The van der Waals surface area contributed by atoms with E-state index in [2.05, 4.69) is 30.3 Å². The number of aromatic nitrogens is 7. The lowest BCUT2D eigenvalue weighted by atomic mass is 10.0. The number of rotatable bonds is 2. The summed E-state index contributed by atoms with van der Waals surface area (Å²) in [7, 11) is 1.93. The summed E-state index contributed by atoms with van der Waals surface area (Å²) < 4.78 is 9.65. The molecule has 0 amide bonds. The Morgan fingerprint density at radius 1 is 1.27 bits per heavy atom. The van der Waals surface area contributed by atoms with Crippen LogP contribution in [0, 0.1) is 0 Å². The van der Waals surface area contributed by atoms with Crippen molar-refractivity contribution in [2.24, 2.45) is 7.05 Å². The second-order valence-electron chi connectivity index (χ2n) is 6.81. The Morgan fingerprint density at radius 2 is 2.19 bits per heavy atom. The lowest BCUT2D eigenvalue weighted by Gasteiger charge is -2.33. The molecule has 5 rings (SSSR count). The average Bonchev–Trinajstić information content (AvgIpc) is 3.36.